The van der Waals surface area contributed by atoms with E-state index in [2.05, 4.69) is 17.0 Å². The lowest BCUT2D eigenvalue weighted by atomic mass is 10.1. The number of anilines is 1. The van der Waals surface area contributed by atoms with Crippen molar-refractivity contribution in [3.63, 3.8) is 0 Å². The molecule has 0 spiro atoms. The van der Waals surface area contributed by atoms with E-state index in [-0.39, 0.29) is 10.6 Å². The molecule has 104 valence electrons. The normalized spacial score (nSPS) is 16.9. The number of nitrogens with one attached hydrogen (secondary N) is 1. The van der Waals surface area contributed by atoms with Crippen molar-refractivity contribution in [2.75, 3.05) is 5.32 Å². The first-order valence-electron chi connectivity index (χ1n) is 6.85. The van der Waals surface area contributed by atoms with Gasteiger partial charge < -0.3 is 5.32 Å². The Morgan fingerprint density at radius 2 is 2.11 bits per heavy atom. The summed E-state index contributed by atoms with van der Waals surface area (Å²) in [5, 5.41) is 7.69. The van der Waals surface area contributed by atoms with Gasteiger partial charge in [0.15, 0.2) is 0 Å². The van der Waals surface area contributed by atoms with E-state index in [1.807, 2.05) is 0 Å². The molecule has 1 aromatic heterocycles. The molecule has 0 radical (unpaired) electrons. The van der Waals surface area contributed by atoms with Crippen LogP contribution in [0, 0.1) is 0 Å². The molecular weight excluding hydrogens is 262 g/mol. The summed E-state index contributed by atoms with van der Waals surface area (Å²) < 4.78 is 1.31. The predicted molar refractivity (Wildman–Crippen MR) is 78.8 cm³/mol. The van der Waals surface area contributed by atoms with E-state index >= 15 is 0 Å². The number of rotatable bonds is 4. The highest BCUT2D eigenvalue weighted by molar-refractivity contribution is 6.32. The van der Waals surface area contributed by atoms with Gasteiger partial charge in [-0.15, -0.1) is 6.58 Å². The van der Waals surface area contributed by atoms with Gasteiger partial charge in [0.2, 0.25) is 0 Å². The van der Waals surface area contributed by atoms with E-state index in [4.69, 9.17) is 11.6 Å². The number of nitrogens with zero attached hydrogens (tertiary/aromatic N) is 2. The second kappa shape index (κ2) is 6.75. The third-order valence-corrected chi connectivity index (χ3v) is 3.87. The fourth-order valence-corrected chi connectivity index (χ4v) is 2.66. The summed E-state index contributed by atoms with van der Waals surface area (Å²) >= 11 is 6.12. The molecule has 0 atom stereocenters. The minimum atomic E-state index is -0.264. The monoisotopic (exact) mass is 281 g/mol. The molecule has 0 saturated heterocycles. The fourth-order valence-electron chi connectivity index (χ4n) is 2.46. The van der Waals surface area contributed by atoms with Crippen molar-refractivity contribution in [3.8, 4) is 0 Å². The molecule has 5 heteroatoms. The summed E-state index contributed by atoms with van der Waals surface area (Å²) in [4.78, 5) is 12.0. The zero-order chi connectivity index (χ0) is 13.7. The largest absolute Gasteiger partial charge is 0.380 e. The molecule has 1 aliphatic carbocycles. The van der Waals surface area contributed by atoms with Crippen molar-refractivity contribution in [3.05, 3.63) is 34.2 Å². The van der Waals surface area contributed by atoms with Crippen LogP contribution in [0.15, 0.2) is 23.6 Å². The zero-order valence-electron chi connectivity index (χ0n) is 11.1. The van der Waals surface area contributed by atoms with E-state index in [1.165, 1.54) is 30.4 Å². The highest BCUT2D eigenvalue weighted by Gasteiger charge is 2.15. The average Bonchev–Trinajstić information content (AvgIpc) is 2.67. The van der Waals surface area contributed by atoms with Crippen LogP contribution in [-0.2, 0) is 6.54 Å². The van der Waals surface area contributed by atoms with Crippen LogP contribution in [0.5, 0.6) is 0 Å². The molecule has 0 unspecified atom stereocenters. The lowest BCUT2D eigenvalue weighted by Crippen LogP contribution is -2.26. The van der Waals surface area contributed by atoms with E-state index < -0.39 is 0 Å². The van der Waals surface area contributed by atoms with Gasteiger partial charge in [0, 0.05) is 6.04 Å². The molecule has 1 saturated carbocycles. The number of halogens is 1. The minimum absolute atomic E-state index is 0.223. The molecule has 0 aromatic carbocycles. The van der Waals surface area contributed by atoms with E-state index in [0.717, 1.165) is 12.8 Å². The first kappa shape index (κ1) is 14.1. The molecule has 1 aliphatic rings. The van der Waals surface area contributed by atoms with Crippen LogP contribution in [0.2, 0.25) is 5.02 Å². The lowest BCUT2D eigenvalue weighted by Gasteiger charge is -2.18. The van der Waals surface area contributed by atoms with E-state index in [0.29, 0.717) is 18.3 Å². The Balaban J connectivity index is 2.14. The van der Waals surface area contributed by atoms with Crippen LogP contribution in [0.3, 0.4) is 0 Å². The van der Waals surface area contributed by atoms with Crippen LogP contribution in [-0.4, -0.2) is 15.8 Å². The molecule has 1 heterocycles. The molecule has 1 N–H and O–H groups in total. The van der Waals surface area contributed by atoms with E-state index in [9.17, 15) is 4.79 Å². The molecule has 4 nitrogen and oxygen atoms in total. The highest BCUT2D eigenvalue weighted by atomic mass is 35.5. The van der Waals surface area contributed by atoms with Gasteiger partial charge in [-0.1, -0.05) is 43.4 Å². The average molecular weight is 282 g/mol. The van der Waals surface area contributed by atoms with Crippen LogP contribution >= 0.6 is 11.6 Å². The molecular formula is C14H20ClN3O. The Morgan fingerprint density at radius 1 is 1.42 bits per heavy atom. The summed E-state index contributed by atoms with van der Waals surface area (Å²) in [6.07, 6.45) is 10.6. The zero-order valence-corrected chi connectivity index (χ0v) is 11.8. The van der Waals surface area contributed by atoms with E-state index in [1.54, 1.807) is 12.3 Å². The third-order valence-electron chi connectivity index (χ3n) is 3.50. The molecule has 1 aromatic rings. The Labute approximate surface area is 118 Å². The van der Waals surface area contributed by atoms with Crippen LogP contribution < -0.4 is 10.9 Å². The maximum Gasteiger partial charge on any atom is 0.287 e. The van der Waals surface area contributed by atoms with Crippen molar-refractivity contribution in [2.45, 2.75) is 51.1 Å². The number of allylic oxidation sites excluding steroid dienone is 1. The molecule has 1 fully saturated rings. The predicted octanol–water partition coefficient (Wildman–Crippen LogP) is 3.22. The smallest absolute Gasteiger partial charge is 0.287 e. The summed E-state index contributed by atoms with van der Waals surface area (Å²) in [5.74, 6) is 0. The van der Waals surface area contributed by atoms with Crippen molar-refractivity contribution in [2.24, 2.45) is 0 Å². The van der Waals surface area contributed by atoms with Crippen LogP contribution in [0.25, 0.3) is 0 Å². The van der Waals surface area contributed by atoms with Crippen molar-refractivity contribution in [1.82, 2.24) is 9.78 Å². The number of hydrogen-bond donors (Lipinski definition) is 1. The highest BCUT2D eigenvalue weighted by Crippen LogP contribution is 2.23. The van der Waals surface area contributed by atoms with Gasteiger partial charge in [-0.05, 0) is 12.8 Å². The van der Waals surface area contributed by atoms with Gasteiger partial charge in [-0.3, -0.25) is 4.79 Å². The molecule has 19 heavy (non-hydrogen) atoms. The molecule has 2 rings (SSSR count). The number of aromatic nitrogens is 2. The standard InChI is InChI=1S/C14H20ClN3O/c1-2-9-18-14(19)13(15)12(10-16-18)17-11-7-5-3-4-6-8-11/h2,10-11,17H,1,3-9H2. The topological polar surface area (TPSA) is 46.9 Å². The van der Waals surface area contributed by atoms with Crippen molar-refractivity contribution in [1.29, 1.82) is 0 Å². The van der Waals surface area contributed by atoms with Gasteiger partial charge >= 0.3 is 0 Å². The Morgan fingerprint density at radius 3 is 2.74 bits per heavy atom. The lowest BCUT2D eigenvalue weighted by molar-refractivity contribution is 0.614. The minimum Gasteiger partial charge on any atom is -0.380 e. The molecule has 0 amide bonds. The summed E-state index contributed by atoms with van der Waals surface area (Å²) in [6, 6.07) is 0.399. The maximum absolute atomic E-state index is 12.0. The quantitative estimate of drug-likeness (QED) is 0.681. The van der Waals surface area contributed by atoms with Gasteiger partial charge in [0.05, 0.1) is 18.4 Å². The SMILES string of the molecule is C=CCn1ncc(NC2CCCCCC2)c(Cl)c1=O. The maximum atomic E-state index is 12.0. The molecule has 0 bridgehead atoms. The van der Waals surface area contributed by atoms with Crippen LogP contribution in [0.1, 0.15) is 38.5 Å². The Kier molecular flexibility index (Phi) is 5.02. The van der Waals surface area contributed by atoms with Gasteiger partial charge in [-0.25, -0.2) is 4.68 Å². The second-order valence-electron chi connectivity index (χ2n) is 4.98. The summed E-state index contributed by atoms with van der Waals surface area (Å²) in [5.41, 5.74) is 0.388. The van der Waals surface area contributed by atoms with Gasteiger partial charge in [0.1, 0.15) is 5.02 Å². The fraction of sp³-hybridized carbons (Fsp3) is 0.571. The Bertz CT molecular complexity index is 490. The first-order chi connectivity index (χ1) is 9.22. The Hall–Kier alpha value is -1.29. The first-order valence-corrected chi connectivity index (χ1v) is 7.23. The second-order valence-corrected chi connectivity index (χ2v) is 5.36. The molecule has 0 aliphatic heterocycles. The van der Waals surface area contributed by atoms with Crippen molar-refractivity contribution >= 4 is 17.3 Å². The van der Waals surface area contributed by atoms with Crippen LogP contribution in [0.4, 0.5) is 5.69 Å². The van der Waals surface area contributed by atoms with Gasteiger partial charge in [-0.2, -0.15) is 5.10 Å². The summed E-state index contributed by atoms with van der Waals surface area (Å²) in [6.45, 7) is 3.97. The summed E-state index contributed by atoms with van der Waals surface area (Å²) in [7, 11) is 0. The van der Waals surface area contributed by atoms with Crippen molar-refractivity contribution < 1.29 is 0 Å². The third kappa shape index (κ3) is 3.60. The number of hydrogen-bond acceptors (Lipinski definition) is 3. The van der Waals surface area contributed by atoms with Gasteiger partial charge in [0.25, 0.3) is 5.56 Å².